The Kier molecular flexibility index (Phi) is 7.62. The minimum atomic E-state index is -0.472. The lowest BCUT2D eigenvalue weighted by Gasteiger charge is -2.28. The van der Waals surface area contributed by atoms with Crippen molar-refractivity contribution in [2.24, 2.45) is 0 Å². The van der Waals surface area contributed by atoms with Gasteiger partial charge in [-0.15, -0.1) is 0 Å². The van der Waals surface area contributed by atoms with Crippen molar-refractivity contribution in [3.8, 4) is 11.9 Å². The maximum Gasteiger partial charge on any atom is 0.337 e. The average molecular weight is 570 g/mol. The van der Waals surface area contributed by atoms with Gasteiger partial charge in [-0.1, -0.05) is 19.1 Å². The van der Waals surface area contributed by atoms with E-state index in [0.717, 1.165) is 55.1 Å². The number of nitrogens with zero attached hydrogens (tertiary/aromatic N) is 5. The van der Waals surface area contributed by atoms with Crippen molar-refractivity contribution in [1.82, 2.24) is 19.4 Å². The van der Waals surface area contributed by atoms with Crippen LogP contribution in [0.3, 0.4) is 0 Å². The third kappa shape index (κ3) is 5.58. The normalized spacial score (nSPS) is 20.3. The van der Waals surface area contributed by atoms with Crippen LogP contribution < -0.4 is 4.74 Å². The summed E-state index contributed by atoms with van der Waals surface area (Å²) < 4.78 is 33.0. The molecule has 0 N–H and O–H groups in total. The molecule has 0 amide bonds. The highest BCUT2D eigenvalue weighted by Gasteiger charge is 2.37. The second-order valence-corrected chi connectivity index (χ2v) is 11.2. The molecule has 0 bridgehead atoms. The standard InChI is InChI=1S/C32H32FN5O4/c1-32(28-4-3-5-30(36-28)42-19-23-7-6-21(16-34)14-25(23)33)11-12-37(20-32)18-29-35-26-9-8-22(31(39)40-2)15-27(26)38(29)17-24-10-13-41-24/h3-9,14-15,24H,10-13,17-20H2,1-2H3/t24-,32+/m0/s1. The highest BCUT2D eigenvalue weighted by atomic mass is 19.1. The number of aromatic nitrogens is 3. The maximum absolute atomic E-state index is 14.3. The SMILES string of the molecule is COC(=O)c1ccc2nc(CN3CC[C@@](C)(c4cccc(OCc5ccc(C#N)cc5F)n4)C3)n(C[C@@H]3CCO3)c2c1. The summed E-state index contributed by atoms with van der Waals surface area (Å²) in [4.78, 5) is 24.3. The fraction of sp³-hybridized carbons (Fsp3) is 0.375. The van der Waals surface area contributed by atoms with Gasteiger partial charge in [0.15, 0.2) is 0 Å². The molecule has 0 aliphatic carbocycles. The number of pyridine rings is 1. The van der Waals surface area contributed by atoms with E-state index in [1.807, 2.05) is 30.3 Å². The number of rotatable bonds is 9. The molecular weight excluding hydrogens is 537 g/mol. The number of esters is 1. The van der Waals surface area contributed by atoms with Gasteiger partial charge in [0.1, 0.15) is 18.2 Å². The van der Waals surface area contributed by atoms with Gasteiger partial charge >= 0.3 is 5.97 Å². The summed E-state index contributed by atoms with van der Waals surface area (Å²) in [6.45, 7) is 5.98. The van der Waals surface area contributed by atoms with Crippen molar-refractivity contribution in [2.45, 2.75) is 51.0 Å². The Morgan fingerprint density at radius 1 is 1.21 bits per heavy atom. The lowest BCUT2D eigenvalue weighted by molar-refractivity contribution is -0.0591. The van der Waals surface area contributed by atoms with Crippen LogP contribution in [0, 0.1) is 17.1 Å². The van der Waals surface area contributed by atoms with Crippen molar-refractivity contribution < 1.29 is 23.4 Å². The number of hydrogen-bond acceptors (Lipinski definition) is 8. The van der Waals surface area contributed by atoms with Crippen LogP contribution in [0.4, 0.5) is 4.39 Å². The van der Waals surface area contributed by atoms with Crippen LogP contribution in [-0.4, -0.2) is 58.3 Å². The van der Waals surface area contributed by atoms with Gasteiger partial charge in [-0.25, -0.2) is 19.2 Å². The van der Waals surface area contributed by atoms with Gasteiger partial charge in [0.25, 0.3) is 0 Å². The van der Waals surface area contributed by atoms with Crippen molar-refractivity contribution in [3.05, 3.63) is 88.6 Å². The molecule has 9 nitrogen and oxygen atoms in total. The molecule has 2 aliphatic rings. The van der Waals surface area contributed by atoms with Crippen LogP contribution >= 0.6 is 0 Å². The number of hydrogen-bond donors (Lipinski definition) is 0. The third-order valence-corrected chi connectivity index (χ3v) is 8.25. The third-order valence-electron chi connectivity index (χ3n) is 8.25. The number of imidazole rings is 1. The Labute approximate surface area is 243 Å². The van der Waals surface area contributed by atoms with E-state index in [2.05, 4.69) is 16.4 Å². The van der Waals surface area contributed by atoms with Crippen LogP contribution in [0.15, 0.2) is 54.6 Å². The Morgan fingerprint density at radius 2 is 2.07 bits per heavy atom. The molecule has 42 heavy (non-hydrogen) atoms. The second kappa shape index (κ2) is 11.5. The molecule has 0 saturated carbocycles. The van der Waals surface area contributed by atoms with Gasteiger partial charge in [-0.3, -0.25) is 4.90 Å². The first-order valence-electron chi connectivity index (χ1n) is 14.1. The second-order valence-electron chi connectivity index (χ2n) is 11.2. The number of likely N-dealkylation sites (tertiary alicyclic amines) is 1. The fourth-order valence-electron chi connectivity index (χ4n) is 5.69. The Bertz CT molecular complexity index is 1680. The van der Waals surface area contributed by atoms with Gasteiger partial charge in [0, 0.05) is 30.2 Å². The Balaban J connectivity index is 1.18. The topological polar surface area (TPSA) is 102 Å². The first kappa shape index (κ1) is 27.8. The van der Waals surface area contributed by atoms with E-state index < -0.39 is 5.82 Å². The zero-order valence-corrected chi connectivity index (χ0v) is 23.7. The number of carbonyl (C=O) groups excluding carboxylic acids is 1. The van der Waals surface area contributed by atoms with Crippen LogP contribution in [0.25, 0.3) is 11.0 Å². The smallest absolute Gasteiger partial charge is 0.337 e. The van der Waals surface area contributed by atoms with E-state index in [-0.39, 0.29) is 29.7 Å². The summed E-state index contributed by atoms with van der Waals surface area (Å²) >= 11 is 0. The van der Waals surface area contributed by atoms with E-state index in [0.29, 0.717) is 30.1 Å². The summed E-state index contributed by atoms with van der Waals surface area (Å²) in [6.07, 6.45) is 2.04. The molecular formula is C32H32FN5O4. The fourth-order valence-corrected chi connectivity index (χ4v) is 5.69. The van der Waals surface area contributed by atoms with Gasteiger partial charge in [-0.05, 0) is 55.8 Å². The Hall–Kier alpha value is -4.33. The van der Waals surface area contributed by atoms with E-state index in [1.54, 1.807) is 24.3 Å². The highest BCUT2D eigenvalue weighted by Crippen LogP contribution is 2.35. The molecule has 0 unspecified atom stereocenters. The highest BCUT2D eigenvalue weighted by molar-refractivity contribution is 5.93. The monoisotopic (exact) mass is 569 g/mol. The van der Waals surface area contributed by atoms with Crippen LogP contribution in [0.5, 0.6) is 5.88 Å². The minimum absolute atomic E-state index is 0.0233. The summed E-state index contributed by atoms with van der Waals surface area (Å²) in [5.41, 5.74) is 3.59. The zero-order valence-electron chi connectivity index (χ0n) is 23.7. The Morgan fingerprint density at radius 3 is 2.81 bits per heavy atom. The molecule has 216 valence electrons. The first-order valence-corrected chi connectivity index (χ1v) is 14.1. The molecule has 2 saturated heterocycles. The number of nitriles is 1. The zero-order chi connectivity index (χ0) is 29.3. The minimum Gasteiger partial charge on any atom is -0.473 e. The van der Waals surface area contributed by atoms with E-state index in [9.17, 15) is 9.18 Å². The molecule has 6 rings (SSSR count). The summed E-state index contributed by atoms with van der Waals surface area (Å²) in [5.74, 6) is 0.517. The lowest BCUT2D eigenvalue weighted by Crippen LogP contribution is -2.33. The van der Waals surface area contributed by atoms with Crippen LogP contribution in [-0.2, 0) is 34.6 Å². The van der Waals surface area contributed by atoms with Crippen LogP contribution in [0.1, 0.15) is 52.8 Å². The lowest BCUT2D eigenvalue weighted by atomic mass is 9.85. The summed E-state index contributed by atoms with van der Waals surface area (Å²) in [6, 6.07) is 17.5. The van der Waals surface area contributed by atoms with Gasteiger partial charge in [-0.2, -0.15) is 5.26 Å². The molecule has 4 aromatic rings. The molecule has 2 aromatic carbocycles. The van der Waals surface area contributed by atoms with Gasteiger partial charge in [0.05, 0.1) is 60.2 Å². The van der Waals surface area contributed by atoms with Crippen molar-refractivity contribution in [3.63, 3.8) is 0 Å². The first-order chi connectivity index (χ1) is 20.3. The molecule has 10 heteroatoms. The number of benzene rings is 2. The largest absolute Gasteiger partial charge is 0.473 e. The molecule has 4 heterocycles. The number of fused-ring (bicyclic) bond motifs is 1. The average Bonchev–Trinajstić information content (AvgIpc) is 3.53. The number of halogens is 1. The maximum atomic E-state index is 14.3. The number of methoxy groups -OCH3 is 1. The van der Waals surface area contributed by atoms with Crippen molar-refractivity contribution in [2.75, 3.05) is 26.8 Å². The van der Waals surface area contributed by atoms with E-state index in [4.69, 9.17) is 29.4 Å². The molecule has 2 fully saturated rings. The summed E-state index contributed by atoms with van der Waals surface area (Å²) in [5, 5.41) is 8.96. The summed E-state index contributed by atoms with van der Waals surface area (Å²) in [7, 11) is 1.38. The predicted molar refractivity (Wildman–Crippen MR) is 152 cm³/mol. The molecule has 0 spiro atoms. The van der Waals surface area contributed by atoms with Crippen LogP contribution in [0.2, 0.25) is 0 Å². The van der Waals surface area contributed by atoms with Crippen molar-refractivity contribution >= 4 is 17.0 Å². The quantitative estimate of drug-likeness (QED) is 0.266. The predicted octanol–water partition coefficient (Wildman–Crippen LogP) is 4.76. The van der Waals surface area contributed by atoms with E-state index in [1.165, 1.54) is 13.2 Å². The van der Waals surface area contributed by atoms with E-state index >= 15 is 0 Å². The van der Waals surface area contributed by atoms with Crippen molar-refractivity contribution in [1.29, 1.82) is 5.26 Å². The molecule has 2 aliphatic heterocycles. The molecule has 2 aromatic heterocycles. The molecule has 2 atom stereocenters. The van der Waals surface area contributed by atoms with Gasteiger partial charge in [0.2, 0.25) is 5.88 Å². The van der Waals surface area contributed by atoms with Gasteiger partial charge < -0.3 is 18.8 Å². The number of ether oxygens (including phenoxy) is 3. The molecule has 0 radical (unpaired) electrons. The number of carbonyl (C=O) groups is 1.